The summed E-state index contributed by atoms with van der Waals surface area (Å²) >= 11 is 0. The van der Waals surface area contributed by atoms with E-state index >= 15 is 0 Å². The molecule has 0 fully saturated rings. The maximum absolute atomic E-state index is 3.76. The van der Waals surface area contributed by atoms with E-state index in [-0.39, 0.29) is 0 Å². The van der Waals surface area contributed by atoms with E-state index in [2.05, 4.69) is 200 Å². The minimum Gasteiger partial charge on any atom is -0.355 e. The highest BCUT2D eigenvalue weighted by molar-refractivity contribution is 5.89. The SMILES string of the molecule is CC1=CC(c2cc(-c3cccc(-c4cc(C)ccc4NC4=CCC(c5ccccc5)C=C4)c3)ccc2Nc2ccc(-c3ccccc3)cc2)=CCC1. The molecule has 0 radical (unpaired) electrons. The van der Waals surface area contributed by atoms with Crippen molar-refractivity contribution in [2.75, 3.05) is 10.6 Å². The number of aryl methyl sites for hydroxylation is 1. The molecule has 0 saturated carbocycles. The van der Waals surface area contributed by atoms with E-state index in [0.29, 0.717) is 5.92 Å². The van der Waals surface area contributed by atoms with Crippen molar-refractivity contribution in [2.45, 2.75) is 39.0 Å². The molecule has 2 aliphatic rings. The Morgan fingerprint density at radius 3 is 1.98 bits per heavy atom. The van der Waals surface area contributed by atoms with Crippen molar-refractivity contribution in [1.29, 1.82) is 0 Å². The fourth-order valence-electron chi connectivity index (χ4n) is 7.33. The summed E-state index contributed by atoms with van der Waals surface area (Å²) in [6.45, 7) is 4.41. The Hall–Kier alpha value is -6.12. The van der Waals surface area contributed by atoms with Crippen molar-refractivity contribution in [3.8, 4) is 33.4 Å². The number of hydrogen-bond acceptors (Lipinski definition) is 2. The van der Waals surface area contributed by atoms with Crippen LogP contribution in [0, 0.1) is 6.92 Å². The molecule has 0 aromatic heterocycles. The zero-order chi connectivity index (χ0) is 35.3. The molecule has 6 aromatic carbocycles. The van der Waals surface area contributed by atoms with Gasteiger partial charge in [-0.25, -0.2) is 0 Å². The Kier molecular flexibility index (Phi) is 9.54. The third-order valence-electron chi connectivity index (χ3n) is 10.2. The van der Waals surface area contributed by atoms with Crippen LogP contribution in [0.4, 0.5) is 17.1 Å². The summed E-state index contributed by atoms with van der Waals surface area (Å²) in [4.78, 5) is 0. The quantitative estimate of drug-likeness (QED) is 0.160. The number of nitrogens with one attached hydrogen (secondary N) is 2. The number of benzene rings is 6. The van der Waals surface area contributed by atoms with Gasteiger partial charge in [-0.2, -0.15) is 0 Å². The molecule has 0 aliphatic heterocycles. The topological polar surface area (TPSA) is 24.1 Å². The average Bonchev–Trinajstić information content (AvgIpc) is 3.20. The van der Waals surface area contributed by atoms with Crippen molar-refractivity contribution in [3.05, 3.63) is 204 Å². The molecular weight excluding hydrogens is 629 g/mol. The van der Waals surface area contributed by atoms with Crippen molar-refractivity contribution in [2.24, 2.45) is 0 Å². The molecule has 8 rings (SSSR count). The van der Waals surface area contributed by atoms with E-state index in [1.165, 1.54) is 61.2 Å². The Morgan fingerprint density at radius 1 is 0.538 bits per heavy atom. The molecule has 52 heavy (non-hydrogen) atoms. The first-order valence-corrected chi connectivity index (χ1v) is 18.4. The summed E-state index contributed by atoms with van der Waals surface area (Å²) in [6, 6.07) is 52.6. The first-order valence-electron chi connectivity index (χ1n) is 18.4. The van der Waals surface area contributed by atoms with Crippen LogP contribution in [-0.2, 0) is 0 Å². The molecule has 2 N–H and O–H groups in total. The van der Waals surface area contributed by atoms with Crippen LogP contribution in [0.5, 0.6) is 0 Å². The zero-order valence-electron chi connectivity index (χ0n) is 29.9. The normalized spacial score (nSPS) is 15.3. The van der Waals surface area contributed by atoms with Crippen LogP contribution in [0.25, 0.3) is 39.0 Å². The van der Waals surface area contributed by atoms with Gasteiger partial charge in [0, 0.05) is 39.8 Å². The first-order chi connectivity index (χ1) is 25.6. The maximum atomic E-state index is 3.76. The van der Waals surface area contributed by atoms with Gasteiger partial charge in [0.2, 0.25) is 0 Å². The Bertz CT molecular complexity index is 2320. The van der Waals surface area contributed by atoms with Crippen LogP contribution in [-0.4, -0.2) is 0 Å². The van der Waals surface area contributed by atoms with Crippen LogP contribution in [0.2, 0.25) is 0 Å². The summed E-state index contributed by atoms with van der Waals surface area (Å²) in [5, 5.41) is 7.51. The van der Waals surface area contributed by atoms with Crippen LogP contribution in [0.1, 0.15) is 48.8 Å². The van der Waals surface area contributed by atoms with Gasteiger partial charge in [0.1, 0.15) is 0 Å². The van der Waals surface area contributed by atoms with Gasteiger partial charge < -0.3 is 10.6 Å². The van der Waals surface area contributed by atoms with Gasteiger partial charge in [-0.3, -0.25) is 0 Å². The first kappa shape index (κ1) is 33.0. The lowest BCUT2D eigenvalue weighted by Gasteiger charge is -2.20. The van der Waals surface area contributed by atoms with E-state index in [1.807, 2.05) is 0 Å². The molecule has 0 heterocycles. The number of anilines is 3. The minimum atomic E-state index is 0.413. The van der Waals surface area contributed by atoms with Gasteiger partial charge in [-0.15, -0.1) is 0 Å². The monoisotopic (exact) mass is 672 g/mol. The highest BCUT2D eigenvalue weighted by Gasteiger charge is 2.15. The summed E-state index contributed by atoms with van der Waals surface area (Å²) in [7, 11) is 0. The molecule has 0 bridgehead atoms. The molecule has 0 saturated heterocycles. The molecule has 2 nitrogen and oxygen atoms in total. The molecule has 0 spiro atoms. The van der Waals surface area contributed by atoms with Gasteiger partial charge in [0.05, 0.1) is 0 Å². The van der Waals surface area contributed by atoms with Gasteiger partial charge in [-0.1, -0.05) is 139 Å². The van der Waals surface area contributed by atoms with E-state index in [0.717, 1.165) is 42.0 Å². The number of rotatable bonds is 9. The van der Waals surface area contributed by atoms with E-state index in [1.54, 1.807) is 0 Å². The van der Waals surface area contributed by atoms with Crippen LogP contribution >= 0.6 is 0 Å². The molecule has 254 valence electrons. The second kappa shape index (κ2) is 15.0. The van der Waals surface area contributed by atoms with Crippen molar-refractivity contribution >= 4 is 22.6 Å². The second-order valence-corrected chi connectivity index (χ2v) is 14.0. The average molecular weight is 673 g/mol. The fraction of sp³-hybridized carbons (Fsp3) is 0.120. The molecular formula is C50H44N2. The maximum Gasteiger partial charge on any atom is 0.0464 e. The molecule has 1 atom stereocenters. The lowest BCUT2D eigenvalue weighted by atomic mass is 9.90. The van der Waals surface area contributed by atoms with E-state index in [9.17, 15) is 0 Å². The van der Waals surface area contributed by atoms with Crippen LogP contribution < -0.4 is 10.6 Å². The molecule has 0 amide bonds. The van der Waals surface area contributed by atoms with Gasteiger partial charge >= 0.3 is 0 Å². The van der Waals surface area contributed by atoms with Crippen molar-refractivity contribution in [1.82, 2.24) is 0 Å². The zero-order valence-corrected chi connectivity index (χ0v) is 29.9. The molecule has 2 aliphatic carbocycles. The van der Waals surface area contributed by atoms with Gasteiger partial charge in [0.15, 0.2) is 0 Å². The summed E-state index contributed by atoms with van der Waals surface area (Å²) in [6.07, 6.45) is 14.8. The Labute approximate surface area is 308 Å². The third kappa shape index (κ3) is 7.48. The van der Waals surface area contributed by atoms with Crippen LogP contribution in [0.15, 0.2) is 187 Å². The number of hydrogen-bond donors (Lipinski definition) is 2. The summed E-state index contributed by atoms with van der Waals surface area (Å²) in [5.74, 6) is 0.413. The highest BCUT2D eigenvalue weighted by Crippen LogP contribution is 2.38. The largest absolute Gasteiger partial charge is 0.355 e. The lowest BCUT2D eigenvalue weighted by Crippen LogP contribution is -2.05. The number of allylic oxidation sites excluding steroid dienone is 7. The predicted molar refractivity (Wildman–Crippen MR) is 223 cm³/mol. The third-order valence-corrected chi connectivity index (χ3v) is 10.2. The smallest absolute Gasteiger partial charge is 0.0464 e. The van der Waals surface area contributed by atoms with Crippen LogP contribution in [0.3, 0.4) is 0 Å². The van der Waals surface area contributed by atoms with Crippen molar-refractivity contribution < 1.29 is 0 Å². The summed E-state index contributed by atoms with van der Waals surface area (Å²) < 4.78 is 0. The standard InChI is InChI=1S/C50H44N2/c1-35-11-9-17-43(31-35)48-34-42(24-30-50(48)52-46-27-22-40(23-28-46)38-14-7-4-8-15-38)41-16-10-18-44(33-41)47-32-36(2)19-29-49(47)51-45-25-20-39(21-26-45)37-12-5-3-6-13-37/h3-8,10,12-20,22-34,39,51-52H,9,11,21H2,1-2H3. The molecule has 2 heteroatoms. The predicted octanol–water partition coefficient (Wildman–Crippen LogP) is 13.9. The van der Waals surface area contributed by atoms with E-state index in [4.69, 9.17) is 0 Å². The van der Waals surface area contributed by atoms with Gasteiger partial charge in [0.25, 0.3) is 0 Å². The lowest BCUT2D eigenvalue weighted by molar-refractivity contribution is 0.846. The minimum absolute atomic E-state index is 0.413. The molecule has 1 unspecified atom stereocenters. The Balaban J connectivity index is 1.08. The van der Waals surface area contributed by atoms with Gasteiger partial charge in [-0.05, 0) is 121 Å². The van der Waals surface area contributed by atoms with E-state index < -0.39 is 0 Å². The van der Waals surface area contributed by atoms with Crippen molar-refractivity contribution in [3.63, 3.8) is 0 Å². The molecule has 6 aromatic rings. The highest BCUT2D eigenvalue weighted by atomic mass is 14.9. The Morgan fingerprint density at radius 2 is 1.21 bits per heavy atom. The summed E-state index contributed by atoms with van der Waals surface area (Å²) in [5.41, 5.74) is 18.2. The fourth-order valence-corrected chi connectivity index (χ4v) is 7.33. The second-order valence-electron chi connectivity index (χ2n) is 14.0.